The van der Waals surface area contributed by atoms with E-state index in [4.69, 9.17) is 22.1 Å². The molecule has 0 saturated carbocycles. The molecule has 1 rings (SSSR count). The number of aromatic nitrogens is 1. The van der Waals surface area contributed by atoms with Crippen LogP contribution in [-0.4, -0.2) is 25.2 Å². The summed E-state index contributed by atoms with van der Waals surface area (Å²) < 4.78 is 4.97. The Labute approximate surface area is 101 Å². The van der Waals surface area contributed by atoms with Crippen molar-refractivity contribution in [1.82, 2.24) is 4.98 Å². The van der Waals surface area contributed by atoms with E-state index in [1.54, 1.807) is 19.4 Å². The van der Waals surface area contributed by atoms with Gasteiger partial charge < -0.3 is 15.8 Å². The van der Waals surface area contributed by atoms with Crippen molar-refractivity contribution in [3.63, 3.8) is 0 Å². The van der Waals surface area contributed by atoms with Crippen molar-refractivity contribution in [2.75, 3.05) is 31.3 Å². The number of hydrogen-bond donors (Lipinski definition) is 2. The van der Waals surface area contributed by atoms with Gasteiger partial charge in [-0.1, -0.05) is 11.6 Å². The third-order valence-electron chi connectivity index (χ3n) is 2.20. The number of nitrogen functional groups attached to an aromatic ring is 1. The molecule has 1 heterocycles. The summed E-state index contributed by atoms with van der Waals surface area (Å²) in [6, 6.07) is 1.70. The lowest BCUT2D eigenvalue weighted by Gasteiger charge is -2.08. The van der Waals surface area contributed by atoms with Crippen LogP contribution < -0.4 is 11.1 Å². The Bertz CT molecular complexity index is 320. The minimum atomic E-state index is 0.558. The Morgan fingerprint density at radius 2 is 2.25 bits per heavy atom. The molecule has 16 heavy (non-hydrogen) atoms. The first kappa shape index (κ1) is 13.1. The predicted molar refractivity (Wildman–Crippen MR) is 67.9 cm³/mol. The predicted octanol–water partition coefficient (Wildman–Crippen LogP) is 2.55. The molecule has 3 N–H and O–H groups in total. The van der Waals surface area contributed by atoms with Crippen LogP contribution in [-0.2, 0) is 4.74 Å². The average Bonchev–Trinajstić information content (AvgIpc) is 2.26. The Kier molecular flexibility index (Phi) is 5.96. The van der Waals surface area contributed by atoms with Crippen molar-refractivity contribution in [3.8, 4) is 0 Å². The highest BCUT2D eigenvalue weighted by molar-refractivity contribution is 6.30. The zero-order chi connectivity index (χ0) is 11.8. The SMILES string of the molecule is COCCCCCNc1ncc(Cl)cc1N. The number of unbranched alkanes of at least 4 members (excludes halogenated alkanes) is 2. The summed E-state index contributed by atoms with van der Waals surface area (Å²) in [5.41, 5.74) is 6.34. The number of hydrogen-bond acceptors (Lipinski definition) is 4. The van der Waals surface area contributed by atoms with Gasteiger partial charge in [-0.15, -0.1) is 0 Å². The number of methoxy groups -OCH3 is 1. The van der Waals surface area contributed by atoms with Gasteiger partial charge in [-0.25, -0.2) is 4.98 Å². The summed E-state index contributed by atoms with van der Waals surface area (Å²) in [5.74, 6) is 0.705. The maximum atomic E-state index is 5.75. The number of ether oxygens (including phenoxy) is 1. The second-order valence-electron chi connectivity index (χ2n) is 3.57. The molecule has 0 atom stereocenters. The lowest BCUT2D eigenvalue weighted by molar-refractivity contribution is 0.192. The van der Waals surface area contributed by atoms with Gasteiger partial charge in [-0.3, -0.25) is 0 Å². The molecule has 1 aromatic heterocycles. The molecular weight excluding hydrogens is 226 g/mol. The van der Waals surface area contributed by atoms with Crippen LogP contribution in [0, 0.1) is 0 Å². The van der Waals surface area contributed by atoms with Crippen LogP contribution >= 0.6 is 11.6 Å². The third-order valence-corrected chi connectivity index (χ3v) is 2.41. The van der Waals surface area contributed by atoms with Gasteiger partial charge in [0.15, 0.2) is 0 Å². The molecule has 0 aliphatic rings. The highest BCUT2D eigenvalue weighted by atomic mass is 35.5. The lowest BCUT2D eigenvalue weighted by atomic mass is 10.2. The van der Waals surface area contributed by atoms with E-state index in [2.05, 4.69) is 10.3 Å². The molecule has 0 spiro atoms. The van der Waals surface area contributed by atoms with Crippen LogP contribution in [0.1, 0.15) is 19.3 Å². The molecule has 0 aliphatic carbocycles. The molecule has 1 aromatic rings. The van der Waals surface area contributed by atoms with E-state index in [0.29, 0.717) is 16.5 Å². The lowest BCUT2D eigenvalue weighted by Crippen LogP contribution is -2.06. The summed E-state index contributed by atoms with van der Waals surface area (Å²) in [6.07, 6.45) is 4.88. The summed E-state index contributed by atoms with van der Waals surface area (Å²) >= 11 is 5.75. The second kappa shape index (κ2) is 7.30. The zero-order valence-electron chi connectivity index (χ0n) is 9.50. The molecule has 0 fully saturated rings. The Morgan fingerprint density at radius 1 is 1.44 bits per heavy atom. The van der Waals surface area contributed by atoms with E-state index in [1.807, 2.05) is 0 Å². The van der Waals surface area contributed by atoms with Crippen LogP contribution in [0.3, 0.4) is 0 Å². The van der Waals surface area contributed by atoms with Crippen LogP contribution in [0.4, 0.5) is 11.5 Å². The monoisotopic (exact) mass is 243 g/mol. The van der Waals surface area contributed by atoms with Crippen LogP contribution in [0.5, 0.6) is 0 Å². The van der Waals surface area contributed by atoms with Crippen LogP contribution in [0.15, 0.2) is 12.3 Å². The van der Waals surface area contributed by atoms with Gasteiger partial charge in [0, 0.05) is 26.5 Å². The number of pyridine rings is 1. The minimum absolute atomic E-state index is 0.558. The molecule has 0 aliphatic heterocycles. The molecule has 0 unspecified atom stereocenters. The number of anilines is 2. The molecule has 4 nitrogen and oxygen atoms in total. The van der Waals surface area contributed by atoms with Crippen molar-refractivity contribution >= 4 is 23.1 Å². The Balaban J connectivity index is 2.21. The van der Waals surface area contributed by atoms with Crippen molar-refractivity contribution in [2.45, 2.75) is 19.3 Å². The quantitative estimate of drug-likeness (QED) is 0.723. The fraction of sp³-hybridized carbons (Fsp3) is 0.545. The summed E-state index contributed by atoms with van der Waals surface area (Å²) in [7, 11) is 1.72. The average molecular weight is 244 g/mol. The molecule has 0 radical (unpaired) electrons. The van der Waals surface area contributed by atoms with E-state index >= 15 is 0 Å². The first-order valence-corrected chi connectivity index (χ1v) is 5.75. The van der Waals surface area contributed by atoms with Gasteiger partial charge in [-0.05, 0) is 25.3 Å². The van der Waals surface area contributed by atoms with Gasteiger partial charge >= 0.3 is 0 Å². The smallest absolute Gasteiger partial charge is 0.149 e. The number of nitrogens with zero attached hydrogens (tertiary/aromatic N) is 1. The first-order chi connectivity index (χ1) is 7.74. The molecule has 0 saturated heterocycles. The fourth-order valence-corrected chi connectivity index (χ4v) is 1.52. The van der Waals surface area contributed by atoms with E-state index in [9.17, 15) is 0 Å². The molecular formula is C11H18ClN3O. The number of nitrogens with two attached hydrogens (primary N) is 1. The normalized spacial score (nSPS) is 10.4. The Morgan fingerprint density at radius 3 is 2.94 bits per heavy atom. The van der Waals surface area contributed by atoms with Gasteiger partial charge in [0.05, 0.1) is 10.7 Å². The number of halogens is 1. The van der Waals surface area contributed by atoms with E-state index in [1.165, 1.54) is 0 Å². The summed E-state index contributed by atoms with van der Waals surface area (Å²) in [6.45, 7) is 1.68. The van der Waals surface area contributed by atoms with Crippen LogP contribution in [0.2, 0.25) is 5.02 Å². The maximum Gasteiger partial charge on any atom is 0.149 e. The fourth-order valence-electron chi connectivity index (χ4n) is 1.36. The second-order valence-corrected chi connectivity index (χ2v) is 4.01. The van der Waals surface area contributed by atoms with Gasteiger partial charge in [0.25, 0.3) is 0 Å². The first-order valence-electron chi connectivity index (χ1n) is 5.38. The van der Waals surface area contributed by atoms with Gasteiger partial charge in [-0.2, -0.15) is 0 Å². The Hall–Kier alpha value is -1.00. The van der Waals surface area contributed by atoms with Crippen LogP contribution in [0.25, 0.3) is 0 Å². The molecule has 0 bridgehead atoms. The number of nitrogens with one attached hydrogen (secondary N) is 1. The molecule has 90 valence electrons. The molecule has 0 aromatic carbocycles. The molecule has 5 heteroatoms. The van der Waals surface area contributed by atoms with Crippen molar-refractivity contribution < 1.29 is 4.74 Å². The third kappa shape index (κ3) is 4.68. The van der Waals surface area contributed by atoms with E-state index in [-0.39, 0.29) is 0 Å². The van der Waals surface area contributed by atoms with Gasteiger partial charge in [0.1, 0.15) is 5.82 Å². The van der Waals surface area contributed by atoms with Crippen molar-refractivity contribution in [3.05, 3.63) is 17.3 Å². The van der Waals surface area contributed by atoms with E-state index in [0.717, 1.165) is 32.4 Å². The standard InChI is InChI=1S/C11H18ClN3O/c1-16-6-4-2-3-5-14-11-10(13)7-9(12)8-15-11/h7-8H,2-6,13H2,1H3,(H,14,15). The van der Waals surface area contributed by atoms with Crippen molar-refractivity contribution in [1.29, 1.82) is 0 Å². The topological polar surface area (TPSA) is 60.2 Å². The highest BCUT2D eigenvalue weighted by Crippen LogP contribution is 2.19. The van der Waals surface area contributed by atoms with Gasteiger partial charge in [0.2, 0.25) is 0 Å². The number of rotatable bonds is 7. The molecule has 0 amide bonds. The maximum absolute atomic E-state index is 5.75. The summed E-state index contributed by atoms with van der Waals surface area (Å²) in [5, 5.41) is 3.74. The largest absolute Gasteiger partial charge is 0.396 e. The van der Waals surface area contributed by atoms with Crippen molar-refractivity contribution in [2.24, 2.45) is 0 Å². The highest BCUT2D eigenvalue weighted by Gasteiger charge is 2.00. The summed E-state index contributed by atoms with van der Waals surface area (Å²) in [4.78, 5) is 4.12. The van der Waals surface area contributed by atoms with E-state index < -0.39 is 0 Å². The zero-order valence-corrected chi connectivity index (χ0v) is 10.3. The minimum Gasteiger partial charge on any atom is -0.396 e.